The molecule has 46 heavy (non-hydrogen) atoms. The maximum absolute atomic E-state index is 15.2. The highest BCUT2D eigenvalue weighted by Gasteiger charge is 2.37. The van der Waals surface area contributed by atoms with Gasteiger partial charge in [0.15, 0.2) is 12.4 Å². The Morgan fingerprint density at radius 3 is 2.50 bits per heavy atom. The van der Waals surface area contributed by atoms with Gasteiger partial charge in [-0.2, -0.15) is 5.26 Å². The normalized spacial score (nSPS) is 12.6. The number of anilines is 1. The molecule has 1 aliphatic heterocycles. The van der Waals surface area contributed by atoms with Crippen LogP contribution in [0, 0.1) is 47.6 Å². The third-order valence-corrected chi connectivity index (χ3v) is 7.18. The summed E-state index contributed by atoms with van der Waals surface area (Å²) >= 11 is 6.06. The topological polar surface area (TPSA) is 149 Å². The van der Waals surface area contributed by atoms with E-state index < -0.39 is 53.4 Å². The van der Waals surface area contributed by atoms with E-state index in [1.807, 2.05) is 0 Å². The van der Waals surface area contributed by atoms with Crippen molar-refractivity contribution in [3.05, 3.63) is 93.0 Å². The molecule has 1 saturated heterocycles. The van der Waals surface area contributed by atoms with Crippen molar-refractivity contribution in [3.63, 3.8) is 0 Å². The first-order chi connectivity index (χ1) is 21.7. The van der Waals surface area contributed by atoms with Gasteiger partial charge in [0.1, 0.15) is 17.4 Å². The molecular formula is C33H27ClF2N4O6. The number of carbonyl (C=O) groups excluding carboxylic acids is 3. The number of nitrogens with zero attached hydrogens (tertiary/aromatic N) is 2. The van der Waals surface area contributed by atoms with Crippen LogP contribution >= 0.6 is 11.6 Å². The van der Waals surface area contributed by atoms with Crippen LogP contribution in [0.4, 0.5) is 19.3 Å². The lowest BCUT2D eigenvalue weighted by molar-refractivity contribution is -0.146. The second-order valence-corrected chi connectivity index (χ2v) is 11.4. The average Bonchev–Trinajstić information content (AvgIpc) is 2.96. The monoisotopic (exact) mass is 648 g/mol. The van der Waals surface area contributed by atoms with E-state index in [0.29, 0.717) is 0 Å². The molecular weight excluding hydrogens is 622 g/mol. The standard InChI is InChI=1S/C33H27ClF2N4O6/c1-18-26(6-4-20(29(18)36)8-9-33(2,3)39-32(45)40-15-22(16-40)31(43)44)38-28(41)17-46-27-7-5-23(34)13-25(27)30(42)21-10-19(14-37)11-24(35)12-21/h4-7,10-13,22H,15-17H2,1-3H3,(H,38,41)(H,39,45)(H,43,44). The SMILES string of the molecule is Cc1c(NC(=O)COc2ccc(Cl)cc2C(=O)c2cc(F)cc(C#N)c2)ccc(C#CC(C)(C)NC(=O)N2CC(C(=O)O)C2)c1F. The third kappa shape index (κ3) is 7.97. The molecule has 4 rings (SSSR count). The van der Waals surface area contributed by atoms with Crippen molar-refractivity contribution in [2.24, 2.45) is 5.92 Å². The van der Waals surface area contributed by atoms with Gasteiger partial charge < -0.3 is 25.4 Å². The third-order valence-electron chi connectivity index (χ3n) is 6.94. The van der Waals surface area contributed by atoms with Crippen LogP contribution in [0.2, 0.25) is 5.02 Å². The summed E-state index contributed by atoms with van der Waals surface area (Å²) in [6, 6.07) is 11.4. The molecule has 0 aromatic heterocycles. The fraction of sp³-hybridized carbons (Fsp3) is 0.242. The number of carboxylic acid groups (broad SMARTS) is 1. The largest absolute Gasteiger partial charge is 0.483 e. The minimum atomic E-state index is -1.06. The first-order valence-corrected chi connectivity index (χ1v) is 14.1. The summed E-state index contributed by atoms with van der Waals surface area (Å²) in [6.45, 7) is 4.29. The maximum Gasteiger partial charge on any atom is 0.318 e. The molecule has 0 bridgehead atoms. The average molecular weight is 649 g/mol. The molecule has 1 heterocycles. The number of hydrogen-bond acceptors (Lipinski definition) is 6. The summed E-state index contributed by atoms with van der Waals surface area (Å²) in [5.74, 6) is 1.08. The lowest BCUT2D eigenvalue weighted by Crippen LogP contribution is -2.59. The van der Waals surface area contributed by atoms with Crippen LogP contribution in [-0.4, -0.2) is 58.9 Å². The number of hydrogen-bond donors (Lipinski definition) is 3. The van der Waals surface area contributed by atoms with Gasteiger partial charge in [-0.05, 0) is 69.3 Å². The predicted octanol–water partition coefficient (Wildman–Crippen LogP) is 4.90. The minimum absolute atomic E-state index is 0.0187. The summed E-state index contributed by atoms with van der Waals surface area (Å²) in [5, 5.41) is 23.5. The van der Waals surface area contributed by atoms with E-state index in [2.05, 4.69) is 22.5 Å². The van der Waals surface area contributed by atoms with E-state index >= 15 is 4.39 Å². The van der Waals surface area contributed by atoms with Crippen LogP contribution < -0.4 is 15.4 Å². The number of halogens is 3. The Hall–Kier alpha value is -5.46. The van der Waals surface area contributed by atoms with Crippen molar-refractivity contribution < 1.29 is 37.8 Å². The number of amides is 3. The van der Waals surface area contributed by atoms with Crippen LogP contribution in [0.15, 0.2) is 48.5 Å². The molecule has 13 heteroatoms. The second-order valence-electron chi connectivity index (χ2n) is 11.0. The van der Waals surface area contributed by atoms with E-state index in [-0.39, 0.29) is 57.4 Å². The molecule has 3 aromatic carbocycles. The van der Waals surface area contributed by atoms with Gasteiger partial charge in [0.05, 0.1) is 34.2 Å². The molecule has 236 valence electrons. The molecule has 0 radical (unpaired) electrons. The van der Waals surface area contributed by atoms with Gasteiger partial charge in [0.25, 0.3) is 5.91 Å². The van der Waals surface area contributed by atoms with E-state index in [0.717, 1.165) is 12.1 Å². The number of likely N-dealkylation sites (tertiary alicyclic amines) is 1. The molecule has 3 amide bonds. The summed E-state index contributed by atoms with van der Waals surface area (Å²) in [4.78, 5) is 50.5. The van der Waals surface area contributed by atoms with E-state index in [9.17, 15) is 23.6 Å². The summed E-state index contributed by atoms with van der Waals surface area (Å²) < 4.78 is 34.7. The molecule has 1 aliphatic rings. The van der Waals surface area contributed by atoms with Gasteiger partial charge in [-0.25, -0.2) is 13.6 Å². The van der Waals surface area contributed by atoms with Gasteiger partial charge in [-0.3, -0.25) is 14.4 Å². The number of carbonyl (C=O) groups is 4. The Morgan fingerprint density at radius 2 is 1.83 bits per heavy atom. The number of nitrogens with one attached hydrogen (secondary N) is 2. The minimum Gasteiger partial charge on any atom is -0.483 e. The Labute approximate surface area is 267 Å². The van der Waals surface area contributed by atoms with Crippen molar-refractivity contribution in [3.8, 4) is 23.7 Å². The van der Waals surface area contributed by atoms with Crippen LogP contribution in [0.1, 0.15) is 46.5 Å². The Bertz CT molecular complexity index is 1850. The van der Waals surface area contributed by atoms with Crippen LogP contribution in [0.3, 0.4) is 0 Å². The summed E-state index contributed by atoms with van der Waals surface area (Å²) in [7, 11) is 0. The molecule has 0 atom stereocenters. The quantitative estimate of drug-likeness (QED) is 0.232. The van der Waals surface area contributed by atoms with Crippen LogP contribution in [0.25, 0.3) is 0 Å². The number of nitriles is 1. The number of rotatable bonds is 8. The number of urea groups is 1. The van der Waals surface area contributed by atoms with E-state index in [1.165, 1.54) is 48.2 Å². The van der Waals surface area contributed by atoms with Gasteiger partial charge in [0.2, 0.25) is 0 Å². The first kappa shape index (κ1) is 33.4. The number of ketones is 1. The number of aliphatic carboxylic acids is 1. The van der Waals surface area contributed by atoms with Crippen molar-refractivity contribution in [2.45, 2.75) is 26.3 Å². The highest BCUT2D eigenvalue weighted by molar-refractivity contribution is 6.31. The van der Waals surface area contributed by atoms with E-state index in [4.69, 9.17) is 26.7 Å². The first-order valence-electron chi connectivity index (χ1n) is 13.8. The zero-order valence-corrected chi connectivity index (χ0v) is 25.6. The Balaban J connectivity index is 1.41. The highest BCUT2D eigenvalue weighted by atomic mass is 35.5. The Morgan fingerprint density at radius 1 is 1.11 bits per heavy atom. The fourth-order valence-corrected chi connectivity index (χ4v) is 4.57. The molecule has 0 spiro atoms. The fourth-order valence-electron chi connectivity index (χ4n) is 4.39. The van der Waals surface area contributed by atoms with E-state index in [1.54, 1.807) is 19.9 Å². The van der Waals surface area contributed by atoms with Crippen molar-refractivity contribution >= 4 is 41.0 Å². The zero-order valence-electron chi connectivity index (χ0n) is 24.8. The number of ether oxygens (including phenoxy) is 1. The molecule has 0 aliphatic carbocycles. The molecule has 0 unspecified atom stereocenters. The van der Waals surface area contributed by atoms with Crippen LogP contribution in [-0.2, 0) is 9.59 Å². The lowest BCUT2D eigenvalue weighted by atomic mass is 10.0. The number of carboxylic acids is 1. The van der Waals surface area contributed by atoms with Crippen LogP contribution in [0.5, 0.6) is 5.75 Å². The molecule has 1 fully saturated rings. The van der Waals surface area contributed by atoms with Gasteiger partial charge in [0, 0.05) is 34.9 Å². The predicted molar refractivity (Wildman–Crippen MR) is 163 cm³/mol. The van der Waals surface area contributed by atoms with Crippen molar-refractivity contribution in [1.82, 2.24) is 10.2 Å². The summed E-state index contributed by atoms with van der Waals surface area (Å²) in [6.07, 6.45) is 0. The highest BCUT2D eigenvalue weighted by Crippen LogP contribution is 2.27. The van der Waals surface area contributed by atoms with Gasteiger partial charge in [-0.15, -0.1) is 0 Å². The maximum atomic E-state index is 15.2. The Kier molecular flexibility index (Phi) is 9.94. The molecule has 3 N–H and O–H groups in total. The number of benzene rings is 3. The molecule has 3 aromatic rings. The van der Waals surface area contributed by atoms with Gasteiger partial charge in [-0.1, -0.05) is 23.4 Å². The zero-order chi connectivity index (χ0) is 33.8. The molecule has 0 saturated carbocycles. The second kappa shape index (κ2) is 13.7. The molecule has 10 nitrogen and oxygen atoms in total. The van der Waals surface area contributed by atoms with Crippen molar-refractivity contribution in [1.29, 1.82) is 5.26 Å². The summed E-state index contributed by atoms with van der Waals surface area (Å²) in [5.41, 5.74) is -1.04. The van der Waals surface area contributed by atoms with Gasteiger partial charge >= 0.3 is 12.0 Å². The lowest BCUT2D eigenvalue weighted by Gasteiger charge is -2.38. The smallest absolute Gasteiger partial charge is 0.318 e. The van der Waals surface area contributed by atoms with Crippen molar-refractivity contribution in [2.75, 3.05) is 25.0 Å².